The summed E-state index contributed by atoms with van der Waals surface area (Å²) in [6.45, 7) is 8.10. The molecule has 0 aromatic heterocycles. The fraction of sp³-hybridized carbons (Fsp3) is 0.933. The third-order valence-corrected chi connectivity index (χ3v) is 4.59. The standard InChI is InChI=1S/C15H28N2O2/c1-4-11(2)12(3)17(13-7-8-13)15(18)16-10-14-6-5-9-19-14/h11-14H,4-10H2,1-3H3,(H,16,18). The van der Waals surface area contributed by atoms with Gasteiger partial charge in [0.05, 0.1) is 6.10 Å². The van der Waals surface area contributed by atoms with E-state index in [1.54, 1.807) is 0 Å². The largest absolute Gasteiger partial charge is 0.376 e. The van der Waals surface area contributed by atoms with Crippen molar-refractivity contribution in [2.45, 2.75) is 71.1 Å². The number of rotatable bonds is 6. The summed E-state index contributed by atoms with van der Waals surface area (Å²) in [6.07, 6.45) is 5.86. The van der Waals surface area contributed by atoms with Crippen molar-refractivity contribution in [2.75, 3.05) is 13.2 Å². The number of ether oxygens (including phenoxy) is 1. The number of hydrogen-bond acceptors (Lipinski definition) is 2. The van der Waals surface area contributed by atoms with Crippen LogP contribution in [0.5, 0.6) is 0 Å². The number of urea groups is 1. The lowest BCUT2D eigenvalue weighted by molar-refractivity contribution is 0.105. The lowest BCUT2D eigenvalue weighted by Crippen LogP contribution is -2.50. The van der Waals surface area contributed by atoms with Crippen LogP contribution in [0.4, 0.5) is 4.79 Å². The number of hydrogen-bond donors (Lipinski definition) is 1. The topological polar surface area (TPSA) is 41.6 Å². The van der Waals surface area contributed by atoms with E-state index in [0.29, 0.717) is 24.5 Å². The summed E-state index contributed by atoms with van der Waals surface area (Å²) in [5.41, 5.74) is 0. The molecule has 4 nitrogen and oxygen atoms in total. The molecular weight excluding hydrogens is 240 g/mol. The Balaban J connectivity index is 1.85. The summed E-state index contributed by atoms with van der Waals surface area (Å²) >= 11 is 0. The molecule has 0 bridgehead atoms. The number of nitrogens with one attached hydrogen (secondary N) is 1. The monoisotopic (exact) mass is 268 g/mol. The van der Waals surface area contributed by atoms with Crippen molar-refractivity contribution >= 4 is 6.03 Å². The van der Waals surface area contributed by atoms with Crippen molar-refractivity contribution in [1.29, 1.82) is 0 Å². The Bertz CT molecular complexity index is 299. The summed E-state index contributed by atoms with van der Waals surface area (Å²) < 4.78 is 5.56. The molecule has 1 aliphatic carbocycles. The van der Waals surface area contributed by atoms with Crippen LogP contribution >= 0.6 is 0 Å². The summed E-state index contributed by atoms with van der Waals surface area (Å²) in [4.78, 5) is 14.5. The molecule has 1 saturated carbocycles. The number of carbonyl (C=O) groups is 1. The zero-order chi connectivity index (χ0) is 13.8. The smallest absolute Gasteiger partial charge is 0.317 e. The molecule has 0 radical (unpaired) electrons. The van der Waals surface area contributed by atoms with Gasteiger partial charge in [-0.05, 0) is 38.5 Å². The molecule has 2 rings (SSSR count). The molecule has 2 amide bonds. The van der Waals surface area contributed by atoms with Gasteiger partial charge in [-0.15, -0.1) is 0 Å². The molecule has 0 aromatic rings. The maximum atomic E-state index is 12.4. The minimum Gasteiger partial charge on any atom is -0.376 e. The van der Waals surface area contributed by atoms with Crippen molar-refractivity contribution in [1.82, 2.24) is 10.2 Å². The Kier molecular flexibility index (Phi) is 5.08. The van der Waals surface area contributed by atoms with Crippen molar-refractivity contribution in [2.24, 2.45) is 5.92 Å². The van der Waals surface area contributed by atoms with E-state index in [9.17, 15) is 4.79 Å². The number of carbonyl (C=O) groups excluding carboxylic acids is 1. The lowest BCUT2D eigenvalue weighted by atomic mass is 9.99. The molecule has 0 aromatic carbocycles. The van der Waals surface area contributed by atoms with Gasteiger partial charge in [-0.25, -0.2) is 4.79 Å². The summed E-state index contributed by atoms with van der Waals surface area (Å²) in [5, 5.41) is 3.07. The van der Waals surface area contributed by atoms with E-state index in [1.807, 2.05) is 0 Å². The normalized spacial score (nSPS) is 25.9. The van der Waals surface area contributed by atoms with Gasteiger partial charge in [0.1, 0.15) is 0 Å². The first-order valence-electron chi connectivity index (χ1n) is 7.81. The first-order chi connectivity index (χ1) is 9.13. The van der Waals surface area contributed by atoms with Crippen molar-refractivity contribution in [3.05, 3.63) is 0 Å². The van der Waals surface area contributed by atoms with Crippen LogP contribution in [0.3, 0.4) is 0 Å². The quantitative estimate of drug-likeness (QED) is 0.805. The van der Waals surface area contributed by atoms with E-state index < -0.39 is 0 Å². The van der Waals surface area contributed by atoms with Crippen LogP contribution in [0.2, 0.25) is 0 Å². The molecule has 19 heavy (non-hydrogen) atoms. The Morgan fingerprint density at radius 2 is 2.11 bits per heavy atom. The first-order valence-corrected chi connectivity index (χ1v) is 7.81. The van der Waals surface area contributed by atoms with E-state index in [4.69, 9.17) is 4.74 Å². The SMILES string of the molecule is CCC(C)C(C)N(C(=O)NCC1CCCO1)C1CC1. The highest BCUT2D eigenvalue weighted by molar-refractivity contribution is 5.75. The van der Waals surface area contributed by atoms with Gasteiger partial charge in [0.25, 0.3) is 0 Å². The molecule has 0 spiro atoms. The van der Waals surface area contributed by atoms with Crippen LogP contribution in [0.25, 0.3) is 0 Å². The zero-order valence-electron chi connectivity index (χ0n) is 12.5. The molecule has 1 saturated heterocycles. The average molecular weight is 268 g/mol. The molecule has 2 fully saturated rings. The molecular formula is C15H28N2O2. The second-order valence-corrected chi connectivity index (χ2v) is 6.09. The highest BCUT2D eigenvalue weighted by Crippen LogP contribution is 2.31. The van der Waals surface area contributed by atoms with Crippen LogP contribution in [0.1, 0.15) is 52.9 Å². The summed E-state index contributed by atoms with van der Waals surface area (Å²) in [6, 6.07) is 0.890. The number of nitrogens with zero attached hydrogens (tertiary/aromatic N) is 1. The molecule has 4 heteroatoms. The van der Waals surface area contributed by atoms with Crippen LogP contribution < -0.4 is 5.32 Å². The third-order valence-electron chi connectivity index (χ3n) is 4.59. The molecule has 1 heterocycles. The predicted octanol–water partition coefficient (Wildman–Crippen LogP) is 2.77. The van der Waals surface area contributed by atoms with Crippen LogP contribution in [-0.2, 0) is 4.74 Å². The Morgan fingerprint density at radius 3 is 2.63 bits per heavy atom. The van der Waals surface area contributed by atoms with E-state index in [2.05, 4.69) is 31.0 Å². The lowest BCUT2D eigenvalue weighted by Gasteiger charge is -2.33. The highest BCUT2D eigenvalue weighted by atomic mass is 16.5. The van der Waals surface area contributed by atoms with Crippen molar-refractivity contribution in [3.8, 4) is 0 Å². The predicted molar refractivity (Wildman–Crippen MR) is 76.2 cm³/mol. The average Bonchev–Trinajstić information content (AvgIpc) is 3.10. The Labute approximate surface area is 116 Å². The minimum absolute atomic E-state index is 0.103. The minimum atomic E-state index is 0.103. The van der Waals surface area contributed by atoms with Gasteiger partial charge in [0.15, 0.2) is 0 Å². The van der Waals surface area contributed by atoms with Crippen LogP contribution in [0.15, 0.2) is 0 Å². The zero-order valence-corrected chi connectivity index (χ0v) is 12.5. The van der Waals surface area contributed by atoms with E-state index >= 15 is 0 Å². The van der Waals surface area contributed by atoms with E-state index in [1.165, 1.54) is 0 Å². The van der Waals surface area contributed by atoms with Gasteiger partial charge in [0.2, 0.25) is 0 Å². The van der Waals surface area contributed by atoms with Gasteiger partial charge in [-0.1, -0.05) is 20.3 Å². The van der Waals surface area contributed by atoms with Crippen LogP contribution in [-0.4, -0.2) is 42.3 Å². The summed E-state index contributed by atoms with van der Waals surface area (Å²) in [7, 11) is 0. The molecule has 110 valence electrons. The van der Waals surface area contributed by atoms with Gasteiger partial charge >= 0.3 is 6.03 Å². The fourth-order valence-corrected chi connectivity index (χ4v) is 2.75. The van der Waals surface area contributed by atoms with E-state index in [-0.39, 0.29) is 12.1 Å². The highest BCUT2D eigenvalue weighted by Gasteiger charge is 2.37. The van der Waals surface area contributed by atoms with Gasteiger partial charge in [-0.3, -0.25) is 0 Å². The maximum absolute atomic E-state index is 12.4. The second-order valence-electron chi connectivity index (χ2n) is 6.09. The fourth-order valence-electron chi connectivity index (χ4n) is 2.75. The summed E-state index contributed by atoms with van der Waals surface area (Å²) in [5.74, 6) is 0.550. The van der Waals surface area contributed by atoms with E-state index in [0.717, 1.165) is 38.7 Å². The Hall–Kier alpha value is -0.770. The van der Waals surface area contributed by atoms with Crippen molar-refractivity contribution < 1.29 is 9.53 Å². The second kappa shape index (κ2) is 6.60. The maximum Gasteiger partial charge on any atom is 0.317 e. The molecule has 2 aliphatic rings. The number of amides is 2. The van der Waals surface area contributed by atoms with Crippen molar-refractivity contribution in [3.63, 3.8) is 0 Å². The van der Waals surface area contributed by atoms with Crippen LogP contribution in [0, 0.1) is 5.92 Å². The van der Waals surface area contributed by atoms with Gasteiger partial charge < -0.3 is 15.0 Å². The molecule has 3 atom stereocenters. The molecule has 1 aliphatic heterocycles. The molecule has 1 N–H and O–H groups in total. The third kappa shape index (κ3) is 3.85. The van der Waals surface area contributed by atoms with Gasteiger partial charge in [0, 0.05) is 25.2 Å². The molecule has 3 unspecified atom stereocenters. The first kappa shape index (κ1) is 14.6. The Morgan fingerprint density at radius 1 is 1.37 bits per heavy atom. The van der Waals surface area contributed by atoms with Gasteiger partial charge in [-0.2, -0.15) is 0 Å².